The lowest BCUT2D eigenvalue weighted by Crippen LogP contribution is -2.27. The van der Waals surface area contributed by atoms with Gasteiger partial charge in [0.2, 0.25) is 0 Å². The van der Waals surface area contributed by atoms with E-state index in [4.69, 9.17) is 5.26 Å². The minimum absolute atomic E-state index is 0. The van der Waals surface area contributed by atoms with Gasteiger partial charge in [-0.2, -0.15) is 18.8 Å². The van der Waals surface area contributed by atoms with Crippen molar-refractivity contribution in [2.75, 3.05) is 7.05 Å². The first-order valence-electron chi connectivity index (χ1n) is 1.61. The molecule has 0 atom stereocenters. The highest BCUT2D eigenvalue weighted by atomic mass is 32.1. The first-order valence-corrected chi connectivity index (χ1v) is 1.61. The predicted octanol–water partition coefficient (Wildman–Crippen LogP) is -0.409. The van der Waals surface area contributed by atoms with Gasteiger partial charge in [0.15, 0.2) is 6.19 Å². The van der Waals surface area contributed by atoms with Crippen LogP contribution in [0.2, 0.25) is 0 Å². The van der Waals surface area contributed by atoms with Crippen molar-refractivity contribution in [3.8, 4) is 6.19 Å². The summed E-state index contributed by atoms with van der Waals surface area (Å²) < 4.78 is 0. The zero-order chi connectivity index (χ0) is 5.86. The molecule has 0 rings (SSSR count). The average Bonchev–Trinajstić information content (AvgIpc) is 1.65. The van der Waals surface area contributed by atoms with Gasteiger partial charge in [-0.05, 0) is 0 Å². The van der Waals surface area contributed by atoms with Crippen molar-refractivity contribution in [2.45, 2.75) is 0 Å². The highest BCUT2D eigenvalue weighted by Gasteiger charge is 1.95. The van der Waals surface area contributed by atoms with E-state index in [9.17, 15) is 4.79 Å². The number of carbonyl (C=O) groups is 1. The number of nitrogens with two attached hydrogens (primary N) is 1. The van der Waals surface area contributed by atoms with Crippen molar-refractivity contribution < 1.29 is 4.79 Å². The second-order valence-corrected chi connectivity index (χ2v) is 0.997. The second-order valence-electron chi connectivity index (χ2n) is 0.997. The Bertz CT molecular complexity index is 118. The molecule has 4 nitrogen and oxygen atoms in total. The molecule has 0 aromatic carbocycles. The summed E-state index contributed by atoms with van der Waals surface area (Å²) >= 11 is 0. The number of rotatable bonds is 0. The molecule has 0 bridgehead atoms. The van der Waals surface area contributed by atoms with Gasteiger partial charge in [-0.15, -0.1) is 0 Å². The lowest BCUT2D eigenvalue weighted by atomic mass is 10.9. The highest BCUT2D eigenvalue weighted by Crippen LogP contribution is 1.71. The van der Waals surface area contributed by atoms with E-state index in [-0.39, 0.29) is 13.5 Å². The summed E-state index contributed by atoms with van der Waals surface area (Å²) in [6.45, 7) is 0. The van der Waals surface area contributed by atoms with Crippen molar-refractivity contribution in [3.05, 3.63) is 0 Å². The molecule has 0 radical (unpaired) electrons. The highest BCUT2D eigenvalue weighted by molar-refractivity contribution is 7.59. The van der Waals surface area contributed by atoms with E-state index in [0.717, 1.165) is 4.90 Å². The van der Waals surface area contributed by atoms with E-state index in [1.807, 2.05) is 0 Å². The third-order valence-corrected chi connectivity index (χ3v) is 0.481. The van der Waals surface area contributed by atoms with Gasteiger partial charge in [-0.3, -0.25) is 0 Å². The Kier molecular flexibility index (Phi) is 5.43. The zero-order valence-corrected chi connectivity index (χ0v) is 5.38. The summed E-state index contributed by atoms with van der Waals surface area (Å²) in [4.78, 5) is 10.6. The van der Waals surface area contributed by atoms with Crippen LogP contribution in [-0.2, 0) is 0 Å². The van der Waals surface area contributed by atoms with Gasteiger partial charge in [-0.1, -0.05) is 0 Å². The van der Waals surface area contributed by atoms with Gasteiger partial charge in [0, 0.05) is 7.05 Å². The van der Waals surface area contributed by atoms with Crippen molar-refractivity contribution in [2.24, 2.45) is 5.73 Å². The van der Waals surface area contributed by atoms with Crippen LogP contribution >= 0.6 is 13.5 Å². The van der Waals surface area contributed by atoms with E-state index in [1.54, 1.807) is 0 Å². The van der Waals surface area contributed by atoms with Crippen LogP contribution in [0.15, 0.2) is 0 Å². The molecule has 0 fully saturated rings. The molecule has 0 aliphatic heterocycles. The van der Waals surface area contributed by atoms with Gasteiger partial charge in [0.05, 0.1) is 0 Å². The Labute approximate surface area is 54.3 Å². The molecule has 0 aromatic heterocycles. The van der Waals surface area contributed by atoms with Crippen molar-refractivity contribution in [1.29, 1.82) is 5.26 Å². The molecule has 0 spiro atoms. The normalized spacial score (nSPS) is 6.00. The van der Waals surface area contributed by atoms with Crippen LogP contribution < -0.4 is 5.73 Å². The van der Waals surface area contributed by atoms with E-state index in [0.29, 0.717) is 0 Å². The van der Waals surface area contributed by atoms with E-state index >= 15 is 0 Å². The first kappa shape index (κ1) is 10.2. The van der Waals surface area contributed by atoms with Gasteiger partial charge in [0.1, 0.15) is 0 Å². The SMILES string of the molecule is CN(C#N)C(N)=O.S. The Hall–Kier alpha value is -0.890. The molecule has 8 heavy (non-hydrogen) atoms. The number of nitriles is 1. The molecule has 0 unspecified atom stereocenters. The first-order chi connectivity index (χ1) is 3.18. The topological polar surface area (TPSA) is 70.1 Å². The number of primary amides is 1. The molecule has 5 heteroatoms. The Balaban J connectivity index is 0. The number of nitrogens with zero attached hydrogens (tertiary/aromatic N) is 2. The third kappa shape index (κ3) is 3.31. The Morgan fingerprint density at radius 1 is 1.88 bits per heavy atom. The number of hydrogen-bond donors (Lipinski definition) is 1. The molecule has 0 aliphatic carbocycles. The number of urea groups is 1. The maximum absolute atomic E-state index is 9.86. The minimum Gasteiger partial charge on any atom is -0.351 e. The Morgan fingerprint density at radius 3 is 2.25 bits per heavy atom. The van der Waals surface area contributed by atoms with Gasteiger partial charge in [0.25, 0.3) is 0 Å². The summed E-state index contributed by atoms with van der Waals surface area (Å²) in [5.74, 6) is 0. The molecule has 0 saturated carbocycles. The summed E-state index contributed by atoms with van der Waals surface area (Å²) in [5, 5.41) is 7.88. The smallest absolute Gasteiger partial charge is 0.327 e. The molecule has 0 aromatic rings. The largest absolute Gasteiger partial charge is 0.351 e. The van der Waals surface area contributed by atoms with Crippen molar-refractivity contribution >= 4 is 19.5 Å². The fraction of sp³-hybridized carbons (Fsp3) is 0.333. The van der Waals surface area contributed by atoms with Crippen LogP contribution in [0.1, 0.15) is 0 Å². The predicted molar refractivity (Wildman–Crippen MR) is 33.3 cm³/mol. The molecular formula is C3H7N3OS. The van der Waals surface area contributed by atoms with Gasteiger partial charge in [-0.25, -0.2) is 9.69 Å². The number of amides is 2. The maximum atomic E-state index is 9.86. The van der Waals surface area contributed by atoms with Crippen molar-refractivity contribution in [1.82, 2.24) is 4.90 Å². The van der Waals surface area contributed by atoms with Crippen LogP contribution in [0.25, 0.3) is 0 Å². The lowest BCUT2D eigenvalue weighted by molar-refractivity contribution is 0.233. The summed E-state index contributed by atoms with van der Waals surface area (Å²) in [7, 11) is 1.29. The van der Waals surface area contributed by atoms with Crippen LogP contribution in [-0.4, -0.2) is 18.0 Å². The summed E-state index contributed by atoms with van der Waals surface area (Å²) in [6.07, 6.45) is 1.52. The molecule has 2 amide bonds. The van der Waals surface area contributed by atoms with Crippen LogP contribution in [0, 0.1) is 11.5 Å². The second kappa shape index (κ2) is 4.27. The van der Waals surface area contributed by atoms with Gasteiger partial charge < -0.3 is 5.73 Å². The van der Waals surface area contributed by atoms with E-state index < -0.39 is 6.03 Å². The summed E-state index contributed by atoms with van der Waals surface area (Å²) in [6, 6.07) is -0.734. The van der Waals surface area contributed by atoms with E-state index in [1.165, 1.54) is 13.2 Å². The van der Waals surface area contributed by atoms with E-state index in [2.05, 4.69) is 5.73 Å². The quantitative estimate of drug-likeness (QED) is 0.360. The number of carbonyl (C=O) groups excluding carboxylic acids is 1. The summed E-state index contributed by atoms with van der Waals surface area (Å²) in [5.41, 5.74) is 4.61. The molecule has 46 valence electrons. The fourth-order valence-corrected chi connectivity index (χ4v) is 0.0493. The minimum atomic E-state index is -0.734. The maximum Gasteiger partial charge on any atom is 0.327 e. The molecule has 0 saturated heterocycles. The van der Waals surface area contributed by atoms with Crippen LogP contribution in [0.3, 0.4) is 0 Å². The van der Waals surface area contributed by atoms with Crippen LogP contribution in [0.5, 0.6) is 0 Å². The standard InChI is InChI=1S/C3H5N3O.H2S/c1-6(2-4)3(5)7;/h1H3,(H2,5,7);1H2. The lowest BCUT2D eigenvalue weighted by Gasteiger charge is -1.97. The molecule has 2 N–H and O–H groups in total. The third-order valence-electron chi connectivity index (χ3n) is 0.481. The fourth-order valence-electron chi connectivity index (χ4n) is 0.0493. The Morgan fingerprint density at radius 2 is 2.25 bits per heavy atom. The molecular weight excluding hydrogens is 126 g/mol. The number of hydrogen-bond acceptors (Lipinski definition) is 2. The average molecular weight is 133 g/mol. The molecule has 0 heterocycles. The molecule has 0 aliphatic rings. The monoisotopic (exact) mass is 133 g/mol. The zero-order valence-electron chi connectivity index (χ0n) is 4.38. The van der Waals surface area contributed by atoms with Gasteiger partial charge >= 0.3 is 6.03 Å². The van der Waals surface area contributed by atoms with Crippen LogP contribution in [0.4, 0.5) is 4.79 Å². The van der Waals surface area contributed by atoms with Crippen molar-refractivity contribution in [3.63, 3.8) is 0 Å².